The van der Waals surface area contributed by atoms with Crippen molar-refractivity contribution in [2.24, 2.45) is 7.05 Å². The molecule has 0 bridgehead atoms. The van der Waals surface area contributed by atoms with Gasteiger partial charge in [0.05, 0.1) is 12.3 Å². The van der Waals surface area contributed by atoms with Gasteiger partial charge in [0.2, 0.25) is 0 Å². The largest absolute Gasteiger partial charge is 0.455 e. The summed E-state index contributed by atoms with van der Waals surface area (Å²) in [4.78, 5) is 35.1. The van der Waals surface area contributed by atoms with Gasteiger partial charge in [0, 0.05) is 44.9 Å². The predicted molar refractivity (Wildman–Crippen MR) is 129 cm³/mol. The number of ether oxygens (including phenoxy) is 1. The molecule has 34 heavy (non-hydrogen) atoms. The van der Waals surface area contributed by atoms with Crippen LogP contribution < -0.4 is 5.32 Å². The van der Waals surface area contributed by atoms with E-state index in [-0.39, 0.29) is 11.7 Å². The minimum Gasteiger partial charge on any atom is -0.455 e. The lowest BCUT2D eigenvalue weighted by Crippen LogP contribution is -2.38. The second-order valence-electron chi connectivity index (χ2n) is 8.75. The summed E-state index contributed by atoms with van der Waals surface area (Å²) in [7, 11) is 1.93. The Balaban J connectivity index is 1.47. The van der Waals surface area contributed by atoms with E-state index in [9.17, 15) is 9.59 Å². The monoisotopic (exact) mass is 485 g/mol. The van der Waals surface area contributed by atoms with Gasteiger partial charge < -0.3 is 23.9 Å². The van der Waals surface area contributed by atoms with Crippen LogP contribution in [0, 0.1) is 0 Å². The third kappa shape index (κ3) is 7.95. The van der Waals surface area contributed by atoms with Crippen molar-refractivity contribution in [3.8, 4) is 0 Å². The molecule has 1 N–H and O–H groups in total. The lowest BCUT2D eigenvalue weighted by Gasteiger charge is -2.27. The molecular weight excluding hydrogens is 454 g/mol. The Labute approximate surface area is 203 Å². The lowest BCUT2D eigenvalue weighted by atomic mass is 10.2. The lowest BCUT2D eigenvalue weighted by molar-refractivity contribution is 0.0232. The van der Waals surface area contributed by atoms with E-state index >= 15 is 0 Å². The van der Waals surface area contributed by atoms with Gasteiger partial charge in [-0.05, 0) is 51.0 Å². The van der Waals surface area contributed by atoms with E-state index in [1.165, 1.54) is 11.8 Å². The molecule has 0 aliphatic carbocycles. The first-order chi connectivity index (χ1) is 16.2. The number of hydrogen-bond acceptors (Lipinski definition) is 7. The molecule has 2 amide bonds. The zero-order valence-corrected chi connectivity index (χ0v) is 20.8. The van der Waals surface area contributed by atoms with Crippen LogP contribution in [0.3, 0.4) is 0 Å². The van der Waals surface area contributed by atoms with Crippen LogP contribution in [0.2, 0.25) is 0 Å². The summed E-state index contributed by atoms with van der Waals surface area (Å²) < 4.78 is 13.1. The van der Waals surface area contributed by atoms with Crippen molar-refractivity contribution in [3.05, 3.63) is 66.1 Å². The van der Waals surface area contributed by atoms with Gasteiger partial charge in [0.25, 0.3) is 5.91 Å². The summed E-state index contributed by atoms with van der Waals surface area (Å²) in [5.74, 6) is 1.25. The smallest absolute Gasteiger partial charge is 0.410 e. The van der Waals surface area contributed by atoms with Crippen molar-refractivity contribution in [2.75, 3.05) is 13.1 Å². The van der Waals surface area contributed by atoms with Crippen LogP contribution >= 0.6 is 11.8 Å². The predicted octanol–water partition coefficient (Wildman–Crippen LogP) is 4.26. The molecule has 0 fully saturated rings. The van der Waals surface area contributed by atoms with Crippen LogP contribution in [-0.2, 0) is 24.1 Å². The number of hydrogen-bond donors (Lipinski definition) is 1. The van der Waals surface area contributed by atoms with Gasteiger partial charge in [0.1, 0.15) is 11.4 Å². The summed E-state index contributed by atoms with van der Waals surface area (Å²) in [6.07, 6.45) is 7.19. The Morgan fingerprint density at radius 3 is 2.74 bits per heavy atom. The number of nitrogens with zero attached hydrogens (tertiary/aromatic N) is 4. The van der Waals surface area contributed by atoms with Gasteiger partial charge in [-0.15, -0.1) is 0 Å². The van der Waals surface area contributed by atoms with Crippen LogP contribution in [0.4, 0.5) is 4.79 Å². The van der Waals surface area contributed by atoms with Crippen LogP contribution in [0.1, 0.15) is 49.1 Å². The molecule has 3 aromatic rings. The van der Waals surface area contributed by atoms with E-state index in [4.69, 9.17) is 9.15 Å². The Kier molecular flexibility index (Phi) is 8.75. The fraction of sp³-hybridized carbons (Fsp3) is 0.417. The second kappa shape index (κ2) is 11.7. The fourth-order valence-corrected chi connectivity index (χ4v) is 3.86. The van der Waals surface area contributed by atoms with E-state index in [1.807, 2.05) is 50.7 Å². The average Bonchev–Trinajstić information content (AvgIpc) is 3.42. The van der Waals surface area contributed by atoms with Crippen molar-refractivity contribution in [3.63, 3.8) is 0 Å². The third-order valence-corrected chi connectivity index (χ3v) is 5.72. The molecule has 0 radical (unpaired) electrons. The maximum atomic E-state index is 12.7. The van der Waals surface area contributed by atoms with Crippen molar-refractivity contribution < 1.29 is 18.7 Å². The standard InChI is InChI=1S/C24H31N5O4S/c1-24(2,3)33-23(31)29(16-18-7-5-10-25-15-18)13-6-11-26-21(30)20-9-8-19(32-20)17-34-22-27-12-14-28(22)4/h5,7-10,12,14-15H,6,11,13,16-17H2,1-4H3,(H,26,30). The maximum Gasteiger partial charge on any atom is 0.410 e. The molecule has 9 nitrogen and oxygen atoms in total. The highest BCUT2D eigenvalue weighted by atomic mass is 32.2. The first-order valence-electron chi connectivity index (χ1n) is 11.0. The Morgan fingerprint density at radius 2 is 2.06 bits per heavy atom. The van der Waals surface area contributed by atoms with E-state index in [0.29, 0.717) is 37.6 Å². The summed E-state index contributed by atoms with van der Waals surface area (Å²) in [5, 5.41) is 3.73. The quantitative estimate of drug-likeness (QED) is 0.338. The SMILES string of the molecule is Cn1ccnc1SCc1ccc(C(=O)NCCCN(Cc2cccnc2)C(=O)OC(C)(C)C)o1. The van der Waals surface area contributed by atoms with Crippen molar-refractivity contribution in [1.82, 2.24) is 24.8 Å². The number of furan rings is 1. The third-order valence-electron chi connectivity index (χ3n) is 4.64. The highest BCUT2D eigenvalue weighted by Crippen LogP contribution is 2.22. The molecule has 0 aromatic carbocycles. The Bertz CT molecular complexity index is 1070. The average molecular weight is 486 g/mol. The zero-order chi connectivity index (χ0) is 24.6. The molecule has 3 rings (SSSR count). The van der Waals surface area contributed by atoms with Gasteiger partial charge in [0.15, 0.2) is 10.9 Å². The molecule has 10 heteroatoms. The van der Waals surface area contributed by atoms with Gasteiger partial charge in [-0.1, -0.05) is 17.8 Å². The van der Waals surface area contributed by atoms with Crippen LogP contribution in [0.15, 0.2) is 58.6 Å². The van der Waals surface area contributed by atoms with Gasteiger partial charge in [-0.2, -0.15) is 0 Å². The molecule has 0 spiro atoms. The molecule has 3 aromatic heterocycles. The summed E-state index contributed by atoms with van der Waals surface area (Å²) in [5.41, 5.74) is 0.313. The molecule has 0 unspecified atom stereocenters. The van der Waals surface area contributed by atoms with Crippen LogP contribution in [0.5, 0.6) is 0 Å². The molecule has 0 saturated carbocycles. The number of imidazole rings is 1. The van der Waals surface area contributed by atoms with E-state index in [2.05, 4.69) is 15.3 Å². The molecule has 182 valence electrons. The number of aryl methyl sites for hydroxylation is 1. The molecule has 0 aliphatic rings. The molecule has 0 aliphatic heterocycles. The van der Waals surface area contributed by atoms with Gasteiger partial charge in [-0.25, -0.2) is 9.78 Å². The highest BCUT2D eigenvalue weighted by molar-refractivity contribution is 7.98. The highest BCUT2D eigenvalue weighted by Gasteiger charge is 2.22. The zero-order valence-electron chi connectivity index (χ0n) is 20.0. The number of nitrogens with one attached hydrogen (secondary N) is 1. The van der Waals surface area contributed by atoms with Gasteiger partial charge in [-0.3, -0.25) is 9.78 Å². The molecule has 0 atom stereocenters. The van der Waals surface area contributed by atoms with Crippen molar-refractivity contribution in [2.45, 2.75) is 50.2 Å². The molecular formula is C24H31N5O4S. The number of rotatable bonds is 10. The number of carbonyl (C=O) groups excluding carboxylic acids is 2. The van der Waals surface area contributed by atoms with Crippen molar-refractivity contribution >= 4 is 23.8 Å². The number of aromatic nitrogens is 3. The molecule has 3 heterocycles. The van der Waals surface area contributed by atoms with Crippen molar-refractivity contribution in [1.29, 1.82) is 0 Å². The minimum atomic E-state index is -0.593. The summed E-state index contributed by atoms with van der Waals surface area (Å²) in [6.45, 7) is 6.70. The van der Waals surface area contributed by atoms with Gasteiger partial charge >= 0.3 is 6.09 Å². The number of amides is 2. The van der Waals surface area contributed by atoms with E-state index in [0.717, 1.165) is 10.7 Å². The normalized spacial score (nSPS) is 11.3. The second-order valence-corrected chi connectivity index (χ2v) is 9.69. The number of carbonyl (C=O) groups is 2. The minimum absolute atomic E-state index is 0.259. The van der Waals surface area contributed by atoms with Crippen LogP contribution in [0.25, 0.3) is 0 Å². The molecule has 0 saturated heterocycles. The van der Waals surface area contributed by atoms with E-state index in [1.54, 1.807) is 35.6 Å². The Hall–Kier alpha value is -3.27. The van der Waals surface area contributed by atoms with Crippen LogP contribution in [-0.4, -0.2) is 50.1 Å². The fourth-order valence-electron chi connectivity index (χ4n) is 3.04. The van der Waals surface area contributed by atoms with E-state index < -0.39 is 11.7 Å². The summed E-state index contributed by atoms with van der Waals surface area (Å²) in [6, 6.07) is 7.20. The topological polar surface area (TPSA) is 102 Å². The maximum absolute atomic E-state index is 12.7. The Morgan fingerprint density at radius 1 is 1.24 bits per heavy atom. The first-order valence-corrected chi connectivity index (χ1v) is 12.0. The first kappa shape index (κ1) is 25.4. The summed E-state index contributed by atoms with van der Waals surface area (Å²) >= 11 is 1.54. The number of thioether (sulfide) groups is 1. The number of pyridine rings is 1.